The SMILES string of the molecule is COC(=O)C(CN1CCCC1CN(C)C)NC(C)=O. The quantitative estimate of drug-likeness (QED) is 0.672. The smallest absolute Gasteiger partial charge is 0.329 e. The van der Waals surface area contributed by atoms with Crippen molar-refractivity contribution in [1.29, 1.82) is 0 Å². The van der Waals surface area contributed by atoms with Crippen LogP contribution >= 0.6 is 0 Å². The third kappa shape index (κ3) is 5.16. The summed E-state index contributed by atoms with van der Waals surface area (Å²) >= 11 is 0. The molecule has 1 aliphatic rings. The van der Waals surface area contributed by atoms with Gasteiger partial charge in [-0.3, -0.25) is 9.69 Å². The Balaban J connectivity index is 2.61. The maximum absolute atomic E-state index is 11.7. The van der Waals surface area contributed by atoms with E-state index in [1.807, 2.05) is 14.1 Å². The summed E-state index contributed by atoms with van der Waals surface area (Å²) in [5.41, 5.74) is 0. The number of hydrogen-bond acceptors (Lipinski definition) is 5. The second-order valence-electron chi connectivity index (χ2n) is 5.33. The van der Waals surface area contributed by atoms with Crippen LogP contribution in [0.2, 0.25) is 0 Å². The van der Waals surface area contributed by atoms with E-state index in [1.165, 1.54) is 14.0 Å². The van der Waals surface area contributed by atoms with Crippen LogP contribution in [0.4, 0.5) is 0 Å². The van der Waals surface area contributed by atoms with Gasteiger partial charge in [0.25, 0.3) is 0 Å². The molecule has 1 rings (SSSR count). The van der Waals surface area contributed by atoms with E-state index in [1.54, 1.807) is 0 Å². The molecule has 1 heterocycles. The zero-order chi connectivity index (χ0) is 14.4. The third-order valence-corrected chi connectivity index (χ3v) is 3.36. The maximum Gasteiger partial charge on any atom is 0.329 e. The number of likely N-dealkylation sites (tertiary alicyclic amines) is 1. The average molecular weight is 271 g/mol. The zero-order valence-electron chi connectivity index (χ0n) is 12.3. The normalized spacial score (nSPS) is 21.4. The highest BCUT2D eigenvalue weighted by Gasteiger charge is 2.30. The molecule has 6 nitrogen and oxygen atoms in total. The molecular formula is C13H25N3O3. The first kappa shape index (κ1) is 15.9. The fourth-order valence-electron chi connectivity index (χ4n) is 2.56. The summed E-state index contributed by atoms with van der Waals surface area (Å²) in [4.78, 5) is 27.3. The lowest BCUT2D eigenvalue weighted by atomic mass is 10.2. The highest BCUT2D eigenvalue weighted by molar-refractivity contribution is 5.83. The number of nitrogens with one attached hydrogen (secondary N) is 1. The van der Waals surface area contributed by atoms with Crippen molar-refractivity contribution in [1.82, 2.24) is 15.1 Å². The molecule has 1 aliphatic heterocycles. The van der Waals surface area contributed by atoms with Gasteiger partial charge >= 0.3 is 5.97 Å². The Morgan fingerprint density at radius 1 is 1.47 bits per heavy atom. The number of hydrogen-bond donors (Lipinski definition) is 1. The first-order valence-electron chi connectivity index (χ1n) is 6.67. The Morgan fingerprint density at radius 2 is 2.16 bits per heavy atom. The monoisotopic (exact) mass is 271 g/mol. The standard InChI is InChI=1S/C13H25N3O3/c1-10(17)14-12(13(18)19-4)9-16-7-5-6-11(16)8-15(2)3/h11-12H,5-9H2,1-4H3,(H,14,17). The topological polar surface area (TPSA) is 61.9 Å². The highest BCUT2D eigenvalue weighted by atomic mass is 16.5. The summed E-state index contributed by atoms with van der Waals surface area (Å²) in [5.74, 6) is -0.593. The molecule has 1 fully saturated rings. The van der Waals surface area contributed by atoms with Crippen LogP contribution in [0.15, 0.2) is 0 Å². The number of rotatable bonds is 6. The minimum atomic E-state index is -0.578. The molecule has 0 bridgehead atoms. The van der Waals surface area contributed by atoms with Gasteiger partial charge in [-0.15, -0.1) is 0 Å². The van der Waals surface area contributed by atoms with E-state index >= 15 is 0 Å². The van der Waals surface area contributed by atoms with E-state index in [0.29, 0.717) is 12.6 Å². The largest absolute Gasteiger partial charge is 0.467 e. The molecule has 0 aromatic carbocycles. The maximum atomic E-state index is 11.7. The number of likely N-dealkylation sites (N-methyl/N-ethyl adjacent to an activating group) is 1. The van der Waals surface area contributed by atoms with Crippen LogP contribution in [0.3, 0.4) is 0 Å². The molecule has 2 unspecified atom stereocenters. The number of methoxy groups -OCH3 is 1. The molecule has 0 spiro atoms. The summed E-state index contributed by atoms with van der Waals surface area (Å²) < 4.78 is 4.75. The third-order valence-electron chi connectivity index (χ3n) is 3.36. The van der Waals surface area contributed by atoms with Gasteiger partial charge in [0.1, 0.15) is 6.04 Å². The molecule has 0 aromatic heterocycles. The predicted molar refractivity (Wildman–Crippen MR) is 72.8 cm³/mol. The minimum absolute atomic E-state index is 0.209. The highest BCUT2D eigenvalue weighted by Crippen LogP contribution is 2.18. The predicted octanol–water partition coefficient (Wildman–Crippen LogP) is -0.310. The fraction of sp³-hybridized carbons (Fsp3) is 0.846. The van der Waals surface area contributed by atoms with Gasteiger partial charge in [0, 0.05) is 26.1 Å². The van der Waals surface area contributed by atoms with Crippen LogP contribution in [0.25, 0.3) is 0 Å². The minimum Gasteiger partial charge on any atom is -0.467 e. The zero-order valence-corrected chi connectivity index (χ0v) is 12.3. The van der Waals surface area contributed by atoms with Crippen molar-refractivity contribution in [3.8, 4) is 0 Å². The summed E-state index contributed by atoms with van der Waals surface area (Å²) in [6, 6.07) is -0.138. The molecular weight excluding hydrogens is 246 g/mol. The Kier molecular flexibility index (Phi) is 6.24. The van der Waals surface area contributed by atoms with Crippen molar-refractivity contribution < 1.29 is 14.3 Å². The van der Waals surface area contributed by atoms with Gasteiger partial charge in [0.05, 0.1) is 7.11 Å². The van der Waals surface area contributed by atoms with Crippen LogP contribution < -0.4 is 5.32 Å². The van der Waals surface area contributed by atoms with Crippen molar-refractivity contribution in [2.45, 2.75) is 31.8 Å². The average Bonchev–Trinajstić information content (AvgIpc) is 2.73. The van der Waals surface area contributed by atoms with Crippen LogP contribution in [0.5, 0.6) is 0 Å². The molecule has 6 heteroatoms. The summed E-state index contributed by atoms with van der Waals surface area (Å²) in [7, 11) is 5.43. The first-order chi connectivity index (χ1) is 8.93. The lowest BCUT2D eigenvalue weighted by Gasteiger charge is -2.29. The van der Waals surface area contributed by atoms with Crippen LogP contribution in [-0.2, 0) is 14.3 Å². The molecule has 1 saturated heterocycles. The van der Waals surface area contributed by atoms with Gasteiger partial charge < -0.3 is 15.0 Å². The summed E-state index contributed by atoms with van der Waals surface area (Å²) in [5, 5.41) is 2.66. The number of esters is 1. The van der Waals surface area contributed by atoms with E-state index in [2.05, 4.69) is 15.1 Å². The van der Waals surface area contributed by atoms with Gasteiger partial charge in [-0.1, -0.05) is 0 Å². The van der Waals surface area contributed by atoms with Crippen LogP contribution in [0, 0.1) is 0 Å². The van der Waals surface area contributed by atoms with Gasteiger partial charge in [-0.05, 0) is 33.5 Å². The first-order valence-corrected chi connectivity index (χ1v) is 6.67. The van der Waals surface area contributed by atoms with E-state index in [9.17, 15) is 9.59 Å². The lowest BCUT2D eigenvalue weighted by molar-refractivity contribution is -0.145. The van der Waals surface area contributed by atoms with Crippen molar-refractivity contribution in [3.05, 3.63) is 0 Å². The van der Waals surface area contributed by atoms with Crippen molar-refractivity contribution in [2.75, 3.05) is 40.8 Å². The Bertz CT molecular complexity index is 320. The molecule has 2 atom stereocenters. The summed E-state index contributed by atoms with van der Waals surface area (Å²) in [6.07, 6.45) is 2.26. The lowest BCUT2D eigenvalue weighted by Crippen LogP contribution is -2.50. The van der Waals surface area contributed by atoms with E-state index in [4.69, 9.17) is 4.74 Å². The molecule has 0 aliphatic carbocycles. The van der Waals surface area contributed by atoms with Gasteiger partial charge in [0.2, 0.25) is 5.91 Å². The number of carbonyl (C=O) groups excluding carboxylic acids is 2. The number of ether oxygens (including phenoxy) is 1. The number of carbonyl (C=O) groups is 2. The second-order valence-corrected chi connectivity index (χ2v) is 5.33. The van der Waals surface area contributed by atoms with Crippen LogP contribution in [0.1, 0.15) is 19.8 Å². The molecule has 1 amide bonds. The van der Waals surface area contributed by atoms with Crippen molar-refractivity contribution >= 4 is 11.9 Å². The van der Waals surface area contributed by atoms with E-state index < -0.39 is 6.04 Å². The molecule has 1 N–H and O–H groups in total. The van der Waals surface area contributed by atoms with Gasteiger partial charge in [-0.2, -0.15) is 0 Å². The van der Waals surface area contributed by atoms with Crippen molar-refractivity contribution in [2.24, 2.45) is 0 Å². The second kappa shape index (κ2) is 7.45. The fourth-order valence-corrected chi connectivity index (χ4v) is 2.56. The van der Waals surface area contributed by atoms with E-state index in [-0.39, 0.29) is 11.9 Å². The van der Waals surface area contributed by atoms with Crippen LogP contribution in [-0.4, -0.2) is 74.6 Å². The molecule has 0 aromatic rings. The van der Waals surface area contributed by atoms with Gasteiger partial charge in [-0.25, -0.2) is 4.79 Å². The molecule has 19 heavy (non-hydrogen) atoms. The number of nitrogens with zero attached hydrogens (tertiary/aromatic N) is 2. The Morgan fingerprint density at radius 3 is 2.68 bits per heavy atom. The molecule has 0 saturated carbocycles. The summed E-state index contributed by atoms with van der Waals surface area (Å²) in [6.45, 7) is 3.86. The van der Waals surface area contributed by atoms with Crippen molar-refractivity contribution in [3.63, 3.8) is 0 Å². The Hall–Kier alpha value is -1.14. The molecule has 110 valence electrons. The van der Waals surface area contributed by atoms with Gasteiger partial charge in [0.15, 0.2) is 0 Å². The Labute approximate surface area is 115 Å². The molecule has 0 radical (unpaired) electrons. The number of amides is 1. The van der Waals surface area contributed by atoms with E-state index in [0.717, 1.165) is 25.9 Å².